The quantitative estimate of drug-likeness (QED) is 0.745. The Morgan fingerprint density at radius 1 is 1.15 bits per heavy atom. The molecule has 1 amide bonds. The van der Waals surface area contributed by atoms with E-state index in [4.69, 9.17) is 32.7 Å². The van der Waals surface area contributed by atoms with Crippen molar-refractivity contribution in [1.82, 2.24) is 14.9 Å². The Labute approximate surface area is 168 Å². The fourth-order valence-electron chi connectivity index (χ4n) is 2.95. The van der Waals surface area contributed by atoms with Gasteiger partial charge < -0.3 is 14.4 Å². The fourth-order valence-corrected chi connectivity index (χ4v) is 3.17. The van der Waals surface area contributed by atoms with Crippen molar-refractivity contribution >= 4 is 29.1 Å². The summed E-state index contributed by atoms with van der Waals surface area (Å²) < 4.78 is 11.7. The zero-order chi connectivity index (χ0) is 19.4. The summed E-state index contributed by atoms with van der Waals surface area (Å²) in [5.74, 6) is 0.500. The highest BCUT2D eigenvalue weighted by molar-refractivity contribution is 6.30. The minimum absolute atomic E-state index is 0.0947. The van der Waals surface area contributed by atoms with Gasteiger partial charge in [-0.25, -0.2) is 9.97 Å². The summed E-state index contributed by atoms with van der Waals surface area (Å²) in [7, 11) is 0. The number of carbonyl (C=O) groups is 1. The maximum atomic E-state index is 13.0. The zero-order valence-corrected chi connectivity index (χ0v) is 16.7. The molecule has 1 unspecified atom stereocenters. The molecule has 1 saturated heterocycles. The van der Waals surface area contributed by atoms with Crippen molar-refractivity contribution in [2.45, 2.75) is 38.4 Å². The first-order chi connectivity index (χ1) is 12.8. The standard InChI is InChI=1S/C19H21Cl2N3O3/c1-19(2,27-15-7-5-13(20)6-8-15)17(25)24-9-3-4-16(12-24)26-18-22-10-14(21)11-23-18/h5-8,10-11,16H,3-4,9,12H2,1-2H3. The Morgan fingerprint density at radius 2 is 1.81 bits per heavy atom. The number of carbonyl (C=O) groups excluding carboxylic acids is 1. The Morgan fingerprint density at radius 3 is 2.48 bits per heavy atom. The minimum atomic E-state index is -1.01. The normalized spacial score (nSPS) is 17.5. The van der Waals surface area contributed by atoms with E-state index in [9.17, 15) is 4.79 Å². The van der Waals surface area contributed by atoms with Gasteiger partial charge in [-0.05, 0) is 51.0 Å². The number of hydrogen-bond donors (Lipinski definition) is 0. The molecule has 2 heterocycles. The lowest BCUT2D eigenvalue weighted by Crippen LogP contribution is -2.53. The van der Waals surface area contributed by atoms with Gasteiger partial charge in [-0.15, -0.1) is 0 Å². The molecule has 2 aromatic rings. The summed E-state index contributed by atoms with van der Waals surface area (Å²) in [5.41, 5.74) is -1.01. The van der Waals surface area contributed by atoms with Gasteiger partial charge in [0.25, 0.3) is 5.91 Å². The predicted octanol–water partition coefficient (Wildman–Crippen LogP) is 4.01. The fraction of sp³-hybridized carbons (Fsp3) is 0.421. The molecular formula is C19H21Cl2N3O3. The highest BCUT2D eigenvalue weighted by Gasteiger charge is 2.37. The van der Waals surface area contributed by atoms with Gasteiger partial charge in [0.15, 0.2) is 5.60 Å². The molecule has 1 atom stereocenters. The number of hydrogen-bond acceptors (Lipinski definition) is 5. The van der Waals surface area contributed by atoms with Crippen LogP contribution in [-0.4, -0.2) is 45.6 Å². The summed E-state index contributed by atoms with van der Waals surface area (Å²) in [4.78, 5) is 22.9. The van der Waals surface area contributed by atoms with Crippen LogP contribution < -0.4 is 9.47 Å². The molecule has 0 N–H and O–H groups in total. The van der Waals surface area contributed by atoms with Crippen LogP contribution in [0, 0.1) is 0 Å². The summed E-state index contributed by atoms with van der Waals surface area (Å²) in [6.07, 6.45) is 4.46. The smallest absolute Gasteiger partial charge is 0.316 e. The van der Waals surface area contributed by atoms with E-state index in [1.165, 1.54) is 12.4 Å². The van der Waals surface area contributed by atoms with E-state index in [1.807, 2.05) is 0 Å². The average molecular weight is 410 g/mol. The summed E-state index contributed by atoms with van der Waals surface area (Å²) in [6.45, 7) is 4.64. The van der Waals surface area contributed by atoms with Crippen molar-refractivity contribution in [2.24, 2.45) is 0 Å². The second kappa shape index (κ2) is 8.31. The van der Waals surface area contributed by atoms with Gasteiger partial charge in [0.05, 0.1) is 24.0 Å². The van der Waals surface area contributed by atoms with Crippen LogP contribution in [-0.2, 0) is 4.79 Å². The zero-order valence-electron chi connectivity index (χ0n) is 15.2. The molecule has 0 saturated carbocycles. The summed E-state index contributed by atoms with van der Waals surface area (Å²) >= 11 is 11.7. The summed E-state index contributed by atoms with van der Waals surface area (Å²) in [6, 6.07) is 7.22. The van der Waals surface area contributed by atoms with Crippen LogP contribution in [0.3, 0.4) is 0 Å². The summed E-state index contributed by atoms with van der Waals surface area (Å²) in [5, 5.41) is 1.07. The lowest BCUT2D eigenvalue weighted by molar-refractivity contribution is -0.148. The first-order valence-corrected chi connectivity index (χ1v) is 9.47. The van der Waals surface area contributed by atoms with Gasteiger partial charge in [-0.3, -0.25) is 4.79 Å². The maximum Gasteiger partial charge on any atom is 0.316 e. The van der Waals surface area contributed by atoms with Crippen molar-refractivity contribution in [3.05, 3.63) is 46.7 Å². The number of benzene rings is 1. The third-order valence-electron chi connectivity index (χ3n) is 4.24. The number of halogens is 2. The van der Waals surface area contributed by atoms with Gasteiger partial charge in [0.2, 0.25) is 0 Å². The van der Waals surface area contributed by atoms with Crippen LogP contribution in [0.4, 0.5) is 0 Å². The maximum absolute atomic E-state index is 13.0. The Bertz CT molecular complexity index is 782. The number of piperidine rings is 1. The average Bonchev–Trinajstić information content (AvgIpc) is 2.65. The first-order valence-electron chi connectivity index (χ1n) is 8.72. The number of ether oxygens (including phenoxy) is 2. The number of likely N-dealkylation sites (tertiary alicyclic amines) is 1. The molecule has 0 spiro atoms. The van der Waals surface area contributed by atoms with Gasteiger partial charge in [-0.1, -0.05) is 23.2 Å². The molecular weight excluding hydrogens is 389 g/mol. The van der Waals surface area contributed by atoms with Crippen molar-refractivity contribution < 1.29 is 14.3 Å². The van der Waals surface area contributed by atoms with Gasteiger partial charge in [0, 0.05) is 11.6 Å². The molecule has 3 rings (SSSR count). The third-order valence-corrected chi connectivity index (χ3v) is 4.68. The minimum Gasteiger partial charge on any atom is -0.478 e. The number of amides is 1. The molecule has 0 bridgehead atoms. The van der Waals surface area contributed by atoms with Crippen LogP contribution in [0.5, 0.6) is 11.8 Å². The number of aromatic nitrogens is 2. The predicted molar refractivity (Wildman–Crippen MR) is 103 cm³/mol. The molecule has 0 radical (unpaired) electrons. The van der Waals surface area contributed by atoms with Crippen molar-refractivity contribution in [3.63, 3.8) is 0 Å². The molecule has 0 aliphatic carbocycles. The largest absolute Gasteiger partial charge is 0.478 e. The monoisotopic (exact) mass is 409 g/mol. The number of nitrogens with zero attached hydrogens (tertiary/aromatic N) is 3. The molecule has 1 fully saturated rings. The second-order valence-electron chi connectivity index (χ2n) is 6.88. The lowest BCUT2D eigenvalue weighted by atomic mass is 10.0. The highest BCUT2D eigenvalue weighted by Crippen LogP contribution is 2.24. The molecule has 144 valence electrons. The molecule has 1 aromatic carbocycles. The SMILES string of the molecule is CC(C)(Oc1ccc(Cl)cc1)C(=O)N1CCCC(Oc2ncc(Cl)cn2)C1. The van der Waals surface area contributed by atoms with Gasteiger partial charge in [0.1, 0.15) is 11.9 Å². The van der Waals surface area contributed by atoms with Crippen LogP contribution in [0.25, 0.3) is 0 Å². The third kappa shape index (κ3) is 5.23. The van der Waals surface area contributed by atoms with Crippen molar-refractivity contribution in [2.75, 3.05) is 13.1 Å². The van der Waals surface area contributed by atoms with Crippen LogP contribution >= 0.6 is 23.2 Å². The van der Waals surface area contributed by atoms with E-state index >= 15 is 0 Å². The second-order valence-corrected chi connectivity index (χ2v) is 7.76. The van der Waals surface area contributed by atoms with Crippen LogP contribution in [0.15, 0.2) is 36.7 Å². The van der Waals surface area contributed by atoms with E-state index in [-0.39, 0.29) is 18.0 Å². The van der Waals surface area contributed by atoms with E-state index in [1.54, 1.807) is 43.0 Å². The Balaban J connectivity index is 1.62. The molecule has 1 aliphatic rings. The molecule has 27 heavy (non-hydrogen) atoms. The number of rotatable bonds is 5. The van der Waals surface area contributed by atoms with Gasteiger partial charge in [-0.2, -0.15) is 0 Å². The van der Waals surface area contributed by atoms with Crippen LogP contribution in [0.1, 0.15) is 26.7 Å². The molecule has 8 heteroatoms. The lowest BCUT2D eigenvalue weighted by Gasteiger charge is -2.37. The molecule has 1 aromatic heterocycles. The topological polar surface area (TPSA) is 64.5 Å². The first kappa shape index (κ1) is 19.7. The van der Waals surface area contributed by atoms with E-state index in [0.717, 1.165) is 12.8 Å². The van der Waals surface area contributed by atoms with E-state index < -0.39 is 5.60 Å². The van der Waals surface area contributed by atoms with Crippen LogP contribution in [0.2, 0.25) is 10.0 Å². The van der Waals surface area contributed by atoms with E-state index in [0.29, 0.717) is 28.9 Å². The Kier molecular flexibility index (Phi) is 6.07. The Hall–Kier alpha value is -2.05. The molecule has 1 aliphatic heterocycles. The van der Waals surface area contributed by atoms with Crippen molar-refractivity contribution in [3.8, 4) is 11.8 Å². The highest BCUT2D eigenvalue weighted by atomic mass is 35.5. The van der Waals surface area contributed by atoms with E-state index in [2.05, 4.69) is 9.97 Å². The van der Waals surface area contributed by atoms with Crippen molar-refractivity contribution in [1.29, 1.82) is 0 Å². The van der Waals surface area contributed by atoms with Gasteiger partial charge >= 0.3 is 6.01 Å². The molecule has 6 nitrogen and oxygen atoms in total.